The minimum Gasteiger partial charge on any atom is -0.468 e. The summed E-state index contributed by atoms with van der Waals surface area (Å²) in [7, 11) is 0. The van der Waals surface area contributed by atoms with Gasteiger partial charge < -0.3 is 15.1 Å². The Balaban J connectivity index is 1.58. The molecule has 22 heavy (non-hydrogen) atoms. The number of furan rings is 1. The van der Waals surface area contributed by atoms with Gasteiger partial charge in [0.25, 0.3) is 0 Å². The topological polar surface area (TPSA) is 54.3 Å². The van der Waals surface area contributed by atoms with E-state index in [1.807, 2.05) is 37.3 Å². The van der Waals surface area contributed by atoms with Crippen molar-refractivity contribution in [3.05, 3.63) is 53.5 Å². The minimum absolute atomic E-state index is 0.153. The first-order chi connectivity index (χ1) is 10.6. The largest absolute Gasteiger partial charge is 0.468 e. The summed E-state index contributed by atoms with van der Waals surface area (Å²) in [5, 5.41) is 5.72. The average molecular weight is 318 g/mol. The molecule has 0 spiro atoms. The van der Waals surface area contributed by atoms with Crippen molar-refractivity contribution in [3.8, 4) is 0 Å². The molecule has 4 nitrogen and oxygen atoms in total. The second kappa shape index (κ2) is 8.54. The van der Waals surface area contributed by atoms with E-state index in [1.54, 1.807) is 18.0 Å². The molecule has 0 saturated carbocycles. The molecule has 5 heteroatoms. The minimum atomic E-state index is -0.153. The summed E-state index contributed by atoms with van der Waals surface area (Å²) in [6.07, 6.45) is 2.63. The first-order valence-electron chi connectivity index (χ1n) is 7.37. The number of hydrogen-bond acceptors (Lipinski definition) is 3. The Labute approximate surface area is 135 Å². The summed E-state index contributed by atoms with van der Waals surface area (Å²) in [6.45, 7) is 4.76. The highest BCUT2D eigenvalue weighted by molar-refractivity contribution is 7.98. The normalized spacial score (nSPS) is 10.5. The monoisotopic (exact) mass is 318 g/mol. The van der Waals surface area contributed by atoms with Crippen LogP contribution in [0.2, 0.25) is 0 Å². The number of aryl methyl sites for hydroxylation is 2. The van der Waals surface area contributed by atoms with Crippen LogP contribution >= 0.6 is 11.8 Å². The molecule has 1 heterocycles. The molecule has 0 saturated heterocycles. The fourth-order valence-electron chi connectivity index (χ4n) is 1.94. The number of nitrogens with one attached hydrogen (secondary N) is 2. The van der Waals surface area contributed by atoms with Gasteiger partial charge in [0, 0.05) is 12.2 Å². The van der Waals surface area contributed by atoms with Gasteiger partial charge in [0.2, 0.25) is 0 Å². The third kappa shape index (κ3) is 5.48. The smallest absolute Gasteiger partial charge is 0.319 e. The first-order valence-corrected chi connectivity index (χ1v) is 8.53. The molecule has 1 aromatic heterocycles. The number of carbonyl (C=O) groups is 1. The van der Waals surface area contributed by atoms with Crippen LogP contribution in [0, 0.1) is 13.8 Å². The molecule has 118 valence electrons. The lowest BCUT2D eigenvalue weighted by molar-refractivity contribution is 0.252. The Morgan fingerprint density at radius 1 is 1.23 bits per heavy atom. The number of rotatable bonds is 7. The summed E-state index contributed by atoms with van der Waals surface area (Å²) < 4.78 is 5.26. The van der Waals surface area contributed by atoms with E-state index >= 15 is 0 Å². The molecule has 0 fully saturated rings. The number of amides is 2. The van der Waals surface area contributed by atoms with Crippen LogP contribution in [0.15, 0.2) is 41.0 Å². The molecule has 2 aromatic rings. The maximum atomic E-state index is 11.8. The number of hydrogen-bond donors (Lipinski definition) is 2. The van der Waals surface area contributed by atoms with Crippen LogP contribution in [-0.2, 0) is 5.75 Å². The van der Waals surface area contributed by atoms with Crippen molar-refractivity contribution in [1.29, 1.82) is 0 Å². The van der Waals surface area contributed by atoms with Crippen LogP contribution in [0.1, 0.15) is 23.3 Å². The van der Waals surface area contributed by atoms with Gasteiger partial charge in [-0.1, -0.05) is 6.07 Å². The highest BCUT2D eigenvalue weighted by Crippen LogP contribution is 2.14. The summed E-state index contributed by atoms with van der Waals surface area (Å²) in [4.78, 5) is 11.8. The second-order valence-electron chi connectivity index (χ2n) is 5.17. The summed E-state index contributed by atoms with van der Waals surface area (Å²) in [5.41, 5.74) is 3.22. The lowest BCUT2D eigenvalue weighted by Crippen LogP contribution is -2.29. The first kappa shape index (κ1) is 16.5. The maximum Gasteiger partial charge on any atom is 0.319 e. The van der Waals surface area contributed by atoms with Crippen molar-refractivity contribution in [2.24, 2.45) is 0 Å². The van der Waals surface area contributed by atoms with Crippen molar-refractivity contribution >= 4 is 23.5 Å². The van der Waals surface area contributed by atoms with Gasteiger partial charge in [0.15, 0.2) is 0 Å². The van der Waals surface area contributed by atoms with Gasteiger partial charge >= 0.3 is 6.03 Å². The zero-order chi connectivity index (χ0) is 15.8. The van der Waals surface area contributed by atoms with E-state index in [2.05, 4.69) is 17.6 Å². The number of urea groups is 1. The van der Waals surface area contributed by atoms with Gasteiger partial charge in [0.05, 0.1) is 12.0 Å². The van der Waals surface area contributed by atoms with Crippen LogP contribution in [0.4, 0.5) is 10.5 Å². The molecule has 0 aliphatic carbocycles. The van der Waals surface area contributed by atoms with Crippen molar-refractivity contribution in [2.75, 3.05) is 17.6 Å². The van der Waals surface area contributed by atoms with Crippen molar-refractivity contribution < 1.29 is 9.21 Å². The molecule has 0 radical (unpaired) electrons. The van der Waals surface area contributed by atoms with Crippen LogP contribution in [0.5, 0.6) is 0 Å². The lowest BCUT2D eigenvalue weighted by Gasteiger charge is -2.09. The van der Waals surface area contributed by atoms with Crippen molar-refractivity contribution in [3.63, 3.8) is 0 Å². The Hall–Kier alpha value is -1.88. The highest BCUT2D eigenvalue weighted by Gasteiger charge is 2.02. The van der Waals surface area contributed by atoms with Crippen LogP contribution in [0.3, 0.4) is 0 Å². The molecule has 0 aliphatic heterocycles. The predicted octanol–water partition coefficient (Wildman–Crippen LogP) is 4.34. The van der Waals surface area contributed by atoms with Gasteiger partial charge in [-0.15, -0.1) is 0 Å². The average Bonchev–Trinajstić information content (AvgIpc) is 3.00. The number of thioether (sulfide) groups is 1. The molecule has 2 rings (SSSR count). The van der Waals surface area contributed by atoms with E-state index in [1.165, 1.54) is 11.1 Å². The second-order valence-corrected chi connectivity index (χ2v) is 6.27. The lowest BCUT2D eigenvalue weighted by atomic mass is 10.1. The molecule has 2 amide bonds. The Morgan fingerprint density at radius 3 is 2.82 bits per heavy atom. The SMILES string of the molecule is Cc1ccc(NC(=O)NCCCSCc2ccco2)cc1C. The molecule has 0 atom stereocenters. The summed E-state index contributed by atoms with van der Waals surface area (Å²) >= 11 is 1.80. The van der Waals surface area contributed by atoms with Crippen LogP contribution in [0.25, 0.3) is 0 Å². The quantitative estimate of drug-likeness (QED) is 0.747. The number of carbonyl (C=O) groups excluding carboxylic acids is 1. The number of anilines is 1. The molecule has 1 aromatic carbocycles. The summed E-state index contributed by atoms with van der Waals surface area (Å²) in [6, 6.07) is 9.63. The van der Waals surface area contributed by atoms with E-state index in [9.17, 15) is 4.79 Å². The predicted molar refractivity (Wildman–Crippen MR) is 92.4 cm³/mol. The Kier molecular flexibility index (Phi) is 6.40. The molecule has 0 unspecified atom stereocenters. The fraction of sp³-hybridized carbons (Fsp3) is 0.353. The Bertz CT molecular complexity index is 597. The van der Waals surface area contributed by atoms with E-state index in [4.69, 9.17) is 4.42 Å². The molecular weight excluding hydrogens is 296 g/mol. The molecule has 0 bridgehead atoms. The summed E-state index contributed by atoms with van der Waals surface area (Å²) in [5.74, 6) is 2.86. The van der Waals surface area contributed by atoms with Gasteiger partial charge in [0.1, 0.15) is 5.76 Å². The zero-order valence-corrected chi connectivity index (χ0v) is 13.8. The van der Waals surface area contributed by atoms with Crippen molar-refractivity contribution in [1.82, 2.24) is 5.32 Å². The standard InChI is InChI=1S/C17H22N2O2S/c1-13-6-7-15(11-14(13)2)19-17(20)18-8-4-10-22-12-16-5-3-9-21-16/h3,5-7,9,11H,4,8,10,12H2,1-2H3,(H2,18,19,20). The van der Waals surface area contributed by atoms with Crippen LogP contribution < -0.4 is 10.6 Å². The van der Waals surface area contributed by atoms with Crippen molar-refractivity contribution in [2.45, 2.75) is 26.0 Å². The van der Waals surface area contributed by atoms with Gasteiger partial charge in [-0.3, -0.25) is 0 Å². The molecular formula is C17H22N2O2S. The Morgan fingerprint density at radius 2 is 2.09 bits per heavy atom. The van der Waals surface area contributed by atoms with Gasteiger partial charge in [-0.25, -0.2) is 4.79 Å². The van der Waals surface area contributed by atoms with E-state index < -0.39 is 0 Å². The highest BCUT2D eigenvalue weighted by atomic mass is 32.2. The number of benzene rings is 1. The van der Waals surface area contributed by atoms with E-state index in [0.29, 0.717) is 6.54 Å². The third-order valence-electron chi connectivity index (χ3n) is 3.34. The fourth-order valence-corrected chi connectivity index (χ4v) is 2.80. The maximum absolute atomic E-state index is 11.8. The van der Waals surface area contributed by atoms with Gasteiger partial charge in [-0.2, -0.15) is 11.8 Å². The van der Waals surface area contributed by atoms with E-state index in [-0.39, 0.29) is 6.03 Å². The molecule has 0 aliphatic rings. The van der Waals surface area contributed by atoms with Gasteiger partial charge in [-0.05, 0) is 61.4 Å². The van der Waals surface area contributed by atoms with Crippen LogP contribution in [-0.4, -0.2) is 18.3 Å². The molecule has 2 N–H and O–H groups in total. The third-order valence-corrected chi connectivity index (χ3v) is 4.41. The zero-order valence-electron chi connectivity index (χ0n) is 13.0. The van der Waals surface area contributed by atoms with E-state index in [0.717, 1.165) is 29.4 Å².